The van der Waals surface area contributed by atoms with Crippen LogP contribution in [0.4, 0.5) is 4.79 Å². The fourth-order valence-corrected chi connectivity index (χ4v) is 3.27. The fraction of sp³-hybridized carbons (Fsp3) is 0.273. The zero-order chi connectivity index (χ0) is 21.2. The summed E-state index contributed by atoms with van der Waals surface area (Å²) in [7, 11) is 1.54. The lowest BCUT2D eigenvalue weighted by Crippen LogP contribution is -2.26. The number of benzene rings is 1. The van der Waals surface area contributed by atoms with Gasteiger partial charge in [-0.25, -0.2) is 9.78 Å². The molecular weight excluding hydrogens is 368 g/mol. The van der Waals surface area contributed by atoms with Crippen LogP contribution in [0.2, 0.25) is 0 Å². The van der Waals surface area contributed by atoms with Crippen LogP contribution in [0.15, 0.2) is 42.7 Å². The lowest BCUT2D eigenvalue weighted by molar-refractivity contribution is 0.0360. The molecule has 0 aliphatic carbocycles. The van der Waals surface area contributed by atoms with Crippen molar-refractivity contribution < 1.29 is 14.3 Å². The van der Waals surface area contributed by atoms with Crippen LogP contribution in [-0.4, -0.2) is 23.2 Å². The Morgan fingerprint density at radius 1 is 1.17 bits per heavy atom. The predicted octanol–water partition coefficient (Wildman–Crippen LogP) is 4.36. The van der Waals surface area contributed by atoms with E-state index in [2.05, 4.69) is 16.0 Å². The van der Waals surface area contributed by atoms with Crippen LogP contribution in [-0.2, 0) is 4.74 Å². The zero-order valence-corrected chi connectivity index (χ0v) is 16.8. The zero-order valence-electron chi connectivity index (χ0n) is 16.8. The number of methoxy groups -OCH3 is 1. The average molecular weight is 390 g/mol. The van der Waals surface area contributed by atoms with Gasteiger partial charge in [0.25, 0.3) is 0 Å². The number of hydrogen-bond donors (Lipinski definition) is 1. The lowest BCUT2D eigenvalue weighted by atomic mass is 9.84. The third-order valence-corrected chi connectivity index (χ3v) is 4.58. The molecule has 1 amide bonds. The Bertz CT molecular complexity index is 1100. The molecule has 0 aliphatic rings. The smallest absolute Gasteiger partial charge is 0.405 e. The van der Waals surface area contributed by atoms with Crippen LogP contribution < -0.4 is 10.5 Å². The minimum atomic E-state index is -0.819. The van der Waals surface area contributed by atoms with E-state index in [1.54, 1.807) is 12.3 Å². The second-order valence-corrected chi connectivity index (χ2v) is 7.71. The highest BCUT2D eigenvalue weighted by Gasteiger charge is 2.29. The molecule has 1 atom stereocenters. The molecule has 0 saturated carbocycles. The summed E-state index contributed by atoms with van der Waals surface area (Å²) in [6.07, 6.45) is 1.83. The van der Waals surface area contributed by atoms with Gasteiger partial charge in [-0.3, -0.25) is 4.98 Å². The van der Waals surface area contributed by atoms with Crippen LogP contribution in [0.3, 0.4) is 0 Å². The number of hydrogen-bond acceptors (Lipinski definition) is 6. The third-order valence-electron chi connectivity index (χ3n) is 4.58. The number of ether oxygens (including phenoxy) is 2. The fourth-order valence-electron chi connectivity index (χ4n) is 3.27. The van der Waals surface area contributed by atoms with Crippen molar-refractivity contribution >= 4 is 17.0 Å². The van der Waals surface area contributed by atoms with Crippen LogP contribution in [0.5, 0.6) is 5.88 Å². The van der Waals surface area contributed by atoms with Crippen molar-refractivity contribution in [2.45, 2.75) is 26.9 Å². The highest BCUT2D eigenvalue weighted by Crippen LogP contribution is 2.38. The normalized spacial score (nSPS) is 12.2. The van der Waals surface area contributed by atoms with Gasteiger partial charge in [-0.15, -0.1) is 0 Å². The molecule has 0 bridgehead atoms. The van der Waals surface area contributed by atoms with Gasteiger partial charge in [-0.1, -0.05) is 45.0 Å². The molecule has 0 fully saturated rings. The van der Waals surface area contributed by atoms with Gasteiger partial charge in [-0.2, -0.15) is 5.26 Å². The second-order valence-electron chi connectivity index (χ2n) is 7.71. The number of carbonyl (C=O) groups is 1. The first kappa shape index (κ1) is 20.1. The molecule has 2 aromatic heterocycles. The summed E-state index contributed by atoms with van der Waals surface area (Å²) in [4.78, 5) is 19.8. The maximum absolute atomic E-state index is 11.3. The van der Waals surface area contributed by atoms with E-state index in [0.29, 0.717) is 17.0 Å². The van der Waals surface area contributed by atoms with Crippen LogP contribution in [0.25, 0.3) is 22.0 Å². The predicted molar refractivity (Wildman–Crippen MR) is 109 cm³/mol. The minimum Gasteiger partial charge on any atom is -0.481 e. The molecule has 7 heteroatoms. The number of nitriles is 1. The summed E-state index contributed by atoms with van der Waals surface area (Å²) in [5.74, 6) is 0.440. The lowest BCUT2D eigenvalue weighted by Gasteiger charge is -2.30. The number of aromatic nitrogens is 2. The van der Waals surface area contributed by atoms with Crippen molar-refractivity contribution in [2.24, 2.45) is 11.1 Å². The highest BCUT2D eigenvalue weighted by molar-refractivity contribution is 5.97. The van der Waals surface area contributed by atoms with Crippen molar-refractivity contribution in [3.63, 3.8) is 0 Å². The largest absolute Gasteiger partial charge is 0.481 e. The van der Waals surface area contributed by atoms with Gasteiger partial charge in [0.15, 0.2) is 0 Å². The molecule has 29 heavy (non-hydrogen) atoms. The Morgan fingerprint density at radius 3 is 2.41 bits per heavy atom. The molecule has 2 N–H and O–H groups in total. The van der Waals surface area contributed by atoms with E-state index in [-0.39, 0.29) is 5.41 Å². The Morgan fingerprint density at radius 2 is 1.86 bits per heavy atom. The van der Waals surface area contributed by atoms with E-state index < -0.39 is 12.2 Å². The molecule has 0 radical (unpaired) electrons. The first-order chi connectivity index (χ1) is 13.7. The summed E-state index contributed by atoms with van der Waals surface area (Å²) >= 11 is 0. The standard InChI is InChI=1S/C22H22N4O3/c1-22(2,3)20(29-21(24)27)14-7-5-13(6-8-14)19-15(10-23)11-25-17-12-26-18(28-4)9-16(17)19/h5-9,11-12,20H,1-4H3,(H2,24,27). The second kappa shape index (κ2) is 7.76. The number of nitrogens with zero attached hydrogens (tertiary/aromatic N) is 3. The first-order valence-corrected chi connectivity index (χ1v) is 9.04. The third kappa shape index (κ3) is 4.11. The van der Waals surface area contributed by atoms with Gasteiger partial charge in [0.2, 0.25) is 5.88 Å². The van der Waals surface area contributed by atoms with E-state index in [9.17, 15) is 10.1 Å². The number of fused-ring (bicyclic) bond motifs is 1. The van der Waals surface area contributed by atoms with E-state index in [1.807, 2.05) is 45.0 Å². The van der Waals surface area contributed by atoms with Crippen molar-refractivity contribution in [1.82, 2.24) is 9.97 Å². The summed E-state index contributed by atoms with van der Waals surface area (Å²) in [5.41, 5.74) is 8.41. The Labute approximate surface area is 169 Å². The maximum Gasteiger partial charge on any atom is 0.405 e. The van der Waals surface area contributed by atoms with Gasteiger partial charge >= 0.3 is 6.09 Å². The van der Waals surface area contributed by atoms with E-state index in [0.717, 1.165) is 22.1 Å². The minimum absolute atomic E-state index is 0.337. The summed E-state index contributed by atoms with van der Waals surface area (Å²) < 4.78 is 10.6. The summed E-state index contributed by atoms with van der Waals surface area (Å²) in [6, 6.07) is 11.5. The van der Waals surface area contributed by atoms with Crippen molar-refractivity contribution in [1.29, 1.82) is 5.26 Å². The SMILES string of the molecule is COc1cc2c(-c3ccc(C(OC(N)=O)C(C)(C)C)cc3)c(C#N)cnc2cn1. The Balaban J connectivity index is 2.13. The van der Waals surface area contributed by atoms with Crippen LogP contribution in [0.1, 0.15) is 38.0 Å². The number of primary amides is 1. The number of pyridine rings is 2. The van der Waals surface area contributed by atoms with Crippen LogP contribution in [0, 0.1) is 16.7 Å². The molecule has 0 spiro atoms. The van der Waals surface area contributed by atoms with Crippen LogP contribution >= 0.6 is 0 Å². The number of rotatable bonds is 4. The van der Waals surface area contributed by atoms with Gasteiger partial charge in [0.05, 0.1) is 24.4 Å². The molecule has 0 saturated heterocycles. The Hall–Kier alpha value is -3.66. The number of amides is 1. The maximum atomic E-state index is 11.3. The number of nitrogens with two attached hydrogens (primary N) is 1. The molecule has 7 nitrogen and oxygen atoms in total. The molecule has 3 aromatic rings. The molecule has 2 heterocycles. The van der Waals surface area contributed by atoms with Crippen molar-refractivity contribution in [3.05, 3.63) is 53.9 Å². The monoisotopic (exact) mass is 390 g/mol. The molecular formula is C22H22N4O3. The van der Waals surface area contributed by atoms with Gasteiger partial charge < -0.3 is 15.2 Å². The summed E-state index contributed by atoms with van der Waals surface area (Å²) in [5, 5.41) is 10.4. The van der Waals surface area contributed by atoms with Crippen molar-refractivity contribution in [2.75, 3.05) is 7.11 Å². The molecule has 1 unspecified atom stereocenters. The van der Waals surface area contributed by atoms with Gasteiger partial charge in [-0.05, 0) is 11.1 Å². The molecule has 1 aromatic carbocycles. The van der Waals surface area contributed by atoms with E-state index in [4.69, 9.17) is 15.2 Å². The van der Waals surface area contributed by atoms with Gasteiger partial charge in [0, 0.05) is 28.6 Å². The van der Waals surface area contributed by atoms with Crippen molar-refractivity contribution in [3.8, 4) is 23.1 Å². The molecule has 148 valence electrons. The van der Waals surface area contributed by atoms with E-state index in [1.165, 1.54) is 13.3 Å². The number of carbonyl (C=O) groups excluding carboxylic acids is 1. The quantitative estimate of drug-likeness (QED) is 0.708. The molecule has 3 rings (SSSR count). The Kier molecular flexibility index (Phi) is 5.37. The average Bonchev–Trinajstić information content (AvgIpc) is 2.70. The topological polar surface area (TPSA) is 111 Å². The molecule has 0 aliphatic heterocycles. The highest BCUT2D eigenvalue weighted by atomic mass is 16.6. The first-order valence-electron chi connectivity index (χ1n) is 9.04. The van der Waals surface area contributed by atoms with E-state index >= 15 is 0 Å². The summed E-state index contributed by atoms with van der Waals surface area (Å²) in [6.45, 7) is 5.91. The van der Waals surface area contributed by atoms with Gasteiger partial charge in [0.1, 0.15) is 12.2 Å².